The van der Waals surface area contributed by atoms with Crippen LogP contribution in [0, 0.1) is 5.82 Å². The largest absolute Gasteiger partial charge is 0.337 e. The second-order valence-corrected chi connectivity index (χ2v) is 7.14. The van der Waals surface area contributed by atoms with E-state index in [-0.39, 0.29) is 17.0 Å². The molecule has 0 aromatic heterocycles. The molecule has 0 unspecified atom stereocenters. The van der Waals surface area contributed by atoms with E-state index in [2.05, 4.69) is 0 Å². The van der Waals surface area contributed by atoms with E-state index < -0.39 is 17.6 Å². The van der Waals surface area contributed by atoms with Crippen molar-refractivity contribution in [1.29, 1.82) is 0 Å². The molecule has 150 valence electrons. The van der Waals surface area contributed by atoms with Crippen molar-refractivity contribution in [2.45, 2.75) is 6.92 Å². The Labute approximate surface area is 178 Å². The molecule has 2 amide bonds. The van der Waals surface area contributed by atoms with Gasteiger partial charge in [0.1, 0.15) is 11.5 Å². The first kappa shape index (κ1) is 19.9. The van der Waals surface area contributed by atoms with Crippen molar-refractivity contribution in [3.8, 4) is 0 Å². The van der Waals surface area contributed by atoms with E-state index in [4.69, 9.17) is 11.6 Å². The van der Waals surface area contributed by atoms with Gasteiger partial charge in [0.25, 0.3) is 11.8 Å². The van der Waals surface area contributed by atoms with Crippen molar-refractivity contribution in [1.82, 2.24) is 0 Å². The molecule has 4 nitrogen and oxygen atoms in total. The summed E-state index contributed by atoms with van der Waals surface area (Å²) in [5.41, 5.74) is 1.65. The minimum absolute atomic E-state index is 0.0712. The highest BCUT2D eigenvalue weighted by molar-refractivity contribution is 6.46. The van der Waals surface area contributed by atoms with E-state index in [1.807, 2.05) is 37.3 Å². The van der Waals surface area contributed by atoms with Crippen LogP contribution in [-0.2, 0) is 9.59 Å². The van der Waals surface area contributed by atoms with Crippen LogP contribution in [0.5, 0.6) is 0 Å². The Balaban J connectivity index is 1.92. The van der Waals surface area contributed by atoms with Crippen LogP contribution in [0.25, 0.3) is 5.57 Å². The molecular weight excluding hydrogens is 403 g/mol. The van der Waals surface area contributed by atoms with E-state index in [9.17, 15) is 14.0 Å². The van der Waals surface area contributed by atoms with Crippen molar-refractivity contribution in [2.75, 3.05) is 16.3 Å². The summed E-state index contributed by atoms with van der Waals surface area (Å²) in [6.07, 6.45) is 0. The summed E-state index contributed by atoms with van der Waals surface area (Å²) in [5, 5.41) is 0.513. The Hall–Kier alpha value is -3.44. The number of carbonyl (C=O) groups is 2. The minimum atomic E-state index is -0.640. The first-order chi connectivity index (χ1) is 14.5. The lowest BCUT2D eigenvalue weighted by molar-refractivity contribution is -0.120. The monoisotopic (exact) mass is 420 g/mol. The third-order valence-corrected chi connectivity index (χ3v) is 5.19. The van der Waals surface area contributed by atoms with Crippen molar-refractivity contribution in [3.05, 3.63) is 101 Å². The molecule has 0 saturated heterocycles. The SMILES string of the molecule is CCN(C1=C(c2ccc(Cl)cc2)C(=O)N(c2ccccc2F)C1=O)c1ccccc1. The fourth-order valence-electron chi connectivity index (χ4n) is 3.57. The maximum absolute atomic E-state index is 14.5. The van der Waals surface area contributed by atoms with Crippen LogP contribution in [0.15, 0.2) is 84.6 Å². The number of imide groups is 1. The summed E-state index contributed by atoms with van der Waals surface area (Å²) in [7, 11) is 0. The van der Waals surface area contributed by atoms with E-state index in [0.29, 0.717) is 17.1 Å². The quantitative estimate of drug-likeness (QED) is 0.526. The van der Waals surface area contributed by atoms with Gasteiger partial charge < -0.3 is 4.90 Å². The van der Waals surface area contributed by atoms with Crippen molar-refractivity contribution < 1.29 is 14.0 Å². The molecule has 0 radical (unpaired) electrons. The lowest BCUT2D eigenvalue weighted by Gasteiger charge is -2.25. The van der Waals surface area contributed by atoms with Crippen molar-refractivity contribution in [3.63, 3.8) is 0 Å². The molecular formula is C24H18ClFN2O2. The highest BCUT2D eigenvalue weighted by atomic mass is 35.5. The third kappa shape index (κ3) is 3.37. The molecule has 0 saturated carbocycles. The molecule has 0 N–H and O–H groups in total. The predicted molar refractivity (Wildman–Crippen MR) is 117 cm³/mol. The van der Waals surface area contributed by atoms with Crippen LogP contribution in [0.4, 0.5) is 15.8 Å². The molecule has 3 aromatic rings. The molecule has 30 heavy (non-hydrogen) atoms. The predicted octanol–water partition coefficient (Wildman–Crippen LogP) is 5.29. The molecule has 6 heteroatoms. The maximum atomic E-state index is 14.5. The number of nitrogens with zero attached hydrogens (tertiary/aromatic N) is 2. The second kappa shape index (κ2) is 8.13. The number of carbonyl (C=O) groups excluding carboxylic acids is 2. The van der Waals surface area contributed by atoms with Gasteiger partial charge in [0.2, 0.25) is 0 Å². The zero-order chi connectivity index (χ0) is 21.3. The van der Waals surface area contributed by atoms with Gasteiger partial charge in [-0.1, -0.05) is 54.1 Å². The lowest BCUT2D eigenvalue weighted by Crippen LogP contribution is -2.35. The summed E-state index contributed by atoms with van der Waals surface area (Å²) in [6.45, 7) is 2.34. The number of anilines is 2. The molecule has 0 atom stereocenters. The minimum Gasteiger partial charge on any atom is -0.337 e. The van der Waals surface area contributed by atoms with Gasteiger partial charge in [-0.25, -0.2) is 9.29 Å². The standard InChI is InChI=1S/C24H18ClFN2O2/c1-2-27(18-8-4-3-5-9-18)22-21(16-12-14-17(25)15-13-16)23(29)28(24(22)30)20-11-7-6-10-19(20)26/h3-15H,2H2,1H3. The Bertz CT molecular complexity index is 1140. The summed E-state index contributed by atoms with van der Waals surface area (Å²) < 4.78 is 14.5. The number of rotatable bonds is 5. The Morgan fingerprint density at radius 3 is 2.13 bits per heavy atom. The summed E-state index contributed by atoms with van der Waals surface area (Å²) >= 11 is 6.01. The fourth-order valence-corrected chi connectivity index (χ4v) is 3.70. The first-order valence-electron chi connectivity index (χ1n) is 9.49. The molecule has 1 aliphatic rings. The number of amides is 2. The van der Waals surface area contributed by atoms with Gasteiger partial charge >= 0.3 is 0 Å². The van der Waals surface area contributed by atoms with Gasteiger partial charge in [-0.15, -0.1) is 0 Å². The highest BCUT2D eigenvalue weighted by Crippen LogP contribution is 2.37. The van der Waals surface area contributed by atoms with Crippen LogP contribution < -0.4 is 9.80 Å². The molecule has 3 aromatic carbocycles. The normalized spacial score (nSPS) is 13.9. The number of hydrogen-bond acceptors (Lipinski definition) is 3. The average Bonchev–Trinajstić information content (AvgIpc) is 3.01. The third-order valence-electron chi connectivity index (χ3n) is 4.94. The van der Waals surface area contributed by atoms with Gasteiger partial charge in [0.05, 0.1) is 11.3 Å². The van der Waals surface area contributed by atoms with Gasteiger partial charge in [-0.2, -0.15) is 0 Å². The summed E-state index contributed by atoms with van der Waals surface area (Å²) in [6, 6.07) is 21.8. The number of benzene rings is 3. The number of para-hydroxylation sites is 2. The molecule has 0 bridgehead atoms. The Kier molecular flexibility index (Phi) is 5.38. The molecule has 0 fully saturated rings. The molecule has 0 spiro atoms. The summed E-state index contributed by atoms with van der Waals surface area (Å²) in [5.74, 6) is -1.78. The van der Waals surface area contributed by atoms with E-state index in [1.54, 1.807) is 35.2 Å². The zero-order valence-corrected chi connectivity index (χ0v) is 16.9. The smallest absolute Gasteiger partial charge is 0.282 e. The van der Waals surface area contributed by atoms with Crippen molar-refractivity contribution >= 4 is 40.4 Å². The van der Waals surface area contributed by atoms with Crippen LogP contribution in [0.2, 0.25) is 5.02 Å². The number of halogens is 2. The lowest BCUT2D eigenvalue weighted by atomic mass is 10.0. The van der Waals surface area contributed by atoms with Gasteiger partial charge in [-0.05, 0) is 48.9 Å². The van der Waals surface area contributed by atoms with Crippen LogP contribution in [0.3, 0.4) is 0 Å². The molecule has 1 aliphatic heterocycles. The van der Waals surface area contributed by atoms with E-state index in [0.717, 1.165) is 10.6 Å². The number of likely N-dealkylation sites (N-methyl/N-ethyl adjacent to an activating group) is 1. The zero-order valence-electron chi connectivity index (χ0n) is 16.2. The molecule has 0 aliphatic carbocycles. The van der Waals surface area contributed by atoms with Crippen LogP contribution in [0.1, 0.15) is 12.5 Å². The summed E-state index contributed by atoms with van der Waals surface area (Å²) in [4.78, 5) is 29.6. The average molecular weight is 421 g/mol. The second-order valence-electron chi connectivity index (χ2n) is 6.71. The highest BCUT2D eigenvalue weighted by Gasteiger charge is 2.43. The van der Waals surface area contributed by atoms with Crippen molar-refractivity contribution in [2.24, 2.45) is 0 Å². The fraction of sp³-hybridized carbons (Fsp3) is 0.0833. The first-order valence-corrected chi connectivity index (χ1v) is 9.86. The van der Waals surface area contributed by atoms with Crippen LogP contribution >= 0.6 is 11.6 Å². The molecule has 1 heterocycles. The number of hydrogen-bond donors (Lipinski definition) is 0. The van der Waals surface area contributed by atoms with E-state index in [1.165, 1.54) is 18.2 Å². The topological polar surface area (TPSA) is 40.6 Å². The van der Waals surface area contributed by atoms with Gasteiger partial charge in [0.15, 0.2) is 0 Å². The molecule has 4 rings (SSSR count). The Morgan fingerprint density at radius 1 is 0.867 bits per heavy atom. The van der Waals surface area contributed by atoms with Gasteiger partial charge in [0, 0.05) is 17.3 Å². The maximum Gasteiger partial charge on any atom is 0.282 e. The Morgan fingerprint density at radius 2 is 1.50 bits per heavy atom. The van der Waals surface area contributed by atoms with E-state index >= 15 is 0 Å². The van der Waals surface area contributed by atoms with Gasteiger partial charge in [-0.3, -0.25) is 9.59 Å². The van der Waals surface area contributed by atoms with Crippen LogP contribution in [-0.4, -0.2) is 18.4 Å².